The molecule has 0 bridgehead atoms. The van der Waals surface area contributed by atoms with Crippen molar-refractivity contribution in [3.63, 3.8) is 0 Å². The number of nitrogens with zero attached hydrogens (tertiary/aromatic N) is 1. The van der Waals surface area contributed by atoms with Crippen LogP contribution in [0.1, 0.15) is 12.0 Å². The lowest BCUT2D eigenvalue weighted by Crippen LogP contribution is -2.57. The zero-order valence-electron chi connectivity index (χ0n) is 14.4. The molecule has 0 aromatic heterocycles. The van der Waals surface area contributed by atoms with Crippen molar-refractivity contribution in [3.8, 4) is 5.75 Å². The van der Waals surface area contributed by atoms with Gasteiger partial charge in [0.2, 0.25) is 0 Å². The minimum atomic E-state index is -4.88. The van der Waals surface area contributed by atoms with Crippen LogP contribution < -0.4 is 0 Å². The van der Waals surface area contributed by atoms with E-state index in [1.807, 2.05) is 0 Å². The predicted octanol–water partition coefficient (Wildman–Crippen LogP) is -1.01. The fourth-order valence-electron chi connectivity index (χ4n) is 2.48. The van der Waals surface area contributed by atoms with Crippen molar-refractivity contribution in [2.75, 3.05) is 6.61 Å². The number of aromatic hydroxyl groups is 1. The van der Waals surface area contributed by atoms with Gasteiger partial charge in [-0.05, 0) is 18.1 Å². The SMILES string of the molecule is O=S(=O)(O)O/N=C(\CCc1ccccc1O)S[C@@H]1O[C@H](CO)[C@@H](O)[C@H](O)[C@H]1O. The topological polar surface area (TPSA) is 186 Å². The van der Waals surface area contributed by atoms with Crippen LogP contribution in [0.3, 0.4) is 0 Å². The summed E-state index contributed by atoms with van der Waals surface area (Å²) in [6.07, 6.45) is -5.68. The van der Waals surface area contributed by atoms with Crippen molar-refractivity contribution in [1.29, 1.82) is 0 Å². The van der Waals surface area contributed by atoms with Crippen molar-refractivity contribution in [3.05, 3.63) is 29.8 Å². The van der Waals surface area contributed by atoms with E-state index in [4.69, 9.17) is 9.29 Å². The first-order chi connectivity index (χ1) is 13.1. The maximum atomic E-state index is 10.8. The third kappa shape index (κ3) is 6.28. The van der Waals surface area contributed by atoms with Crippen LogP contribution in [0.25, 0.3) is 0 Å². The molecule has 5 atom stereocenters. The van der Waals surface area contributed by atoms with Crippen LogP contribution in [0.15, 0.2) is 29.4 Å². The Labute approximate surface area is 165 Å². The number of hydrogen-bond donors (Lipinski definition) is 6. The summed E-state index contributed by atoms with van der Waals surface area (Å²) in [6.45, 7) is -0.631. The van der Waals surface area contributed by atoms with Crippen LogP contribution in [-0.4, -0.2) is 80.0 Å². The predicted molar refractivity (Wildman–Crippen MR) is 97.9 cm³/mol. The summed E-state index contributed by atoms with van der Waals surface area (Å²) in [5.41, 5.74) is -0.694. The minimum Gasteiger partial charge on any atom is -0.508 e. The van der Waals surface area contributed by atoms with E-state index in [2.05, 4.69) is 9.44 Å². The lowest BCUT2D eigenvalue weighted by atomic mass is 10.0. The summed E-state index contributed by atoms with van der Waals surface area (Å²) >= 11 is 0.678. The number of aryl methyl sites for hydroxylation is 1. The van der Waals surface area contributed by atoms with Gasteiger partial charge in [0.1, 0.15) is 40.6 Å². The molecule has 158 valence electrons. The Morgan fingerprint density at radius 3 is 2.46 bits per heavy atom. The number of thioether (sulfide) groups is 1. The maximum Gasteiger partial charge on any atom is 0.466 e. The molecule has 1 aromatic carbocycles. The number of oxime groups is 1. The number of hydrogen-bond acceptors (Lipinski definition) is 11. The van der Waals surface area contributed by atoms with Gasteiger partial charge in [0.25, 0.3) is 0 Å². The van der Waals surface area contributed by atoms with E-state index < -0.39 is 46.9 Å². The highest BCUT2D eigenvalue weighted by atomic mass is 32.3. The van der Waals surface area contributed by atoms with Crippen LogP contribution in [0.2, 0.25) is 0 Å². The summed E-state index contributed by atoms with van der Waals surface area (Å²) < 4.78 is 39.7. The number of benzene rings is 1. The zero-order chi connectivity index (χ0) is 20.9. The van der Waals surface area contributed by atoms with Gasteiger partial charge in [-0.25, -0.2) is 4.28 Å². The average molecular weight is 439 g/mol. The van der Waals surface area contributed by atoms with Gasteiger partial charge in [0.15, 0.2) is 0 Å². The lowest BCUT2D eigenvalue weighted by molar-refractivity contribution is -0.205. The van der Waals surface area contributed by atoms with Gasteiger partial charge < -0.3 is 30.3 Å². The first kappa shape index (κ1) is 22.8. The molecule has 0 amide bonds. The van der Waals surface area contributed by atoms with Crippen molar-refractivity contribution in [2.24, 2.45) is 5.16 Å². The number of rotatable bonds is 7. The summed E-state index contributed by atoms with van der Waals surface area (Å²) in [7, 11) is -4.88. The summed E-state index contributed by atoms with van der Waals surface area (Å²) in [5.74, 6) is 0.00962. The van der Waals surface area contributed by atoms with Crippen LogP contribution >= 0.6 is 11.8 Å². The van der Waals surface area contributed by atoms with Gasteiger partial charge in [0.05, 0.1) is 6.61 Å². The Morgan fingerprint density at radius 1 is 1.18 bits per heavy atom. The molecular weight excluding hydrogens is 418 g/mol. The van der Waals surface area contributed by atoms with Gasteiger partial charge >= 0.3 is 10.4 Å². The molecule has 11 nitrogen and oxygen atoms in total. The third-order valence-electron chi connectivity index (χ3n) is 3.93. The molecule has 0 spiro atoms. The Balaban J connectivity index is 2.15. The molecule has 0 radical (unpaired) electrons. The van der Waals surface area contributed by atoms with Gasteiger partial charge in [-0.1, -0.05) is 35.1 Å². The van der Waals surface area contributed by atoms with E-state index in [1.165, 1.54) is 6.07 Å². The number of aliphatic hydroxyl groups is 4. The molecule has 28 heavy (non-hydrogen) atoms. The monoisotopic (exact) mass is 439 g/mol. The Morgan fingerprint density at radius 2 is 1.86 bits per heavy atom. The number of ether oxygens (including phenoxy) is 1. The van der Waals surface area contributed by atoms with E-state index in [-0.39, 0.29) is 23.6 Å². The quantitative estimate of drug-likeness (QED) is 0.132. The molecule has 0 saturated carbocycles. The average Bonchev–Trinajstić information content (AvgIpc) is 2.64. The first-order valence-corrected chi connectivity index (χ1v) is 10.3. The van der Waals surface area contributed by atoms with Crippen LogP contribution in [0.4, 0.5) is 0 Å². The first-order valence-electron chi connectivity index (χ1n) is 8.09. The number of phenols is 1. The summed E-state index contributed by atoms with van der Waals surface area (Å²) in [4.78, 5) is 0. The van der Waals surface area contributed by atoms with Gasteiger partial charge in [-0.2, -0.15) is 8.42 Å². The van der Waals surface area contributed by atoms with E-state index in [0.29, 0.717) is 17.3 Å². The molecular formula is C15H21NO10S2. The van der Waals surface area contributed by atoms with E-state index >= 15 is 0 Å². The van der Waals surface area contributed by atoms with Crippen molar-refractivity contribution in [1.82, 2.24) is 0 Å². The number of aliphatic hydroxyl groups excluding tert-OH is 4. The highest BCUT2D eigenvalue weighted by Gasteiger charge is 2.44. The molecule has 1 heterocycles. The fraction of sp³-hybridized carbons (Fsp3) is 0.533. The third-order valence-corrected chi connectivity index (χ3v) is 5.37. The number of phenolic OH excluding ortho intramolecular Hbond substituents is 1. The molecule has 1 aromatic rings. The van der Waals surface area contributed by atoms with Crippen molar-refractivity contribution < 1.29 is 47.5 Å². The van der Waals surface area contributed by atoms with Gasteiger partial charge in [-0.3, -0.25) is 4.55 Å². The Hall–Kier alpha value is -1.45. The minimum absolute atomic E-state index is 0.00962. The Kier molecular flexibility index (Phi) is 8.03. The normalized spacial score (nSPS) is 28.9. The maximum absolute atomic E-state index is 10.8. The molecule has 1 aliphatic heterocycles. The molecule has 0 unspecified atom stereocenters. The highest BCUT2D eigenvalue weighted by molar-refractivity contribution is 8.14. The Bertz CT molecular complexity index is 785. The van der Waals surface area contributed by atoms with Crippen LogP contribution in [-0.2, 0) is 25.8 Å². The largest absolute Gasteiger partial charge is 0.508 e. The summed E-state index contributed by atoms with van der Waals surface area (Å²) in [6, 6.07) is 6.41. The second-order valence-electron chi connectivity index (χ2n) is 5.93. The molecule has 1 aliphatic rings. The standard InChI is InChI=1S/C15H21NO10S2/c17-7-10-12(19)13(20)14(21)15(25-10)27-11(16-26-28(22,23)24)6-5-8-3-1-2-4-9(8)18/h1-4,10,12-15,17-21H,5-7H2,(H,22,23,24)/b16-11+/t10-,12-,13+,14-,15+/m1/s1. The van der Waals surface area contributed by atoms with E-state index in [9.17, 15) is 34.0 Å². The second-order valence-corrected chi connectivity index (χ2v) is 8.11. The van der Waals surface area contributed by atoms with E-state index in [1.54, 1.807) is 18.2 Å². The molecule has 1 saturated heterocycles. The van der Waals surface area contributed by atoms with Gasteiger partial charge in [-0.15, -0.1) is 0 Å². The molecule has 13 heteroatoms. The highest BCUT2D eigenvalue weighted by Crippen LogP contribution is 2.31. The second kappa shape index (κ2) is 9.84. The molecule has 1 fully saturated rings. The molecule has 0 aliphatic carbocycles. The van der Waals surface area contributed by atoms with Crippen molar-refractivity contribution >= 4 is 27.2 Å². The van der Waals surface area contributed by atoms with E-state index in [0.717, 1.165) is 0 Å². The van der Waals surface area contributed by atoms with Crippen molar-refractivity contribution in [2.45, 2.75) is 42.7 Å². The van der Waals surface area contributed by atoms with Crippen LogP contribution in [0, 0.1) is 0 Å². The zero-order valence-corrected chi connectivity index (χ0v) is 16.0. The smallest absolute Gasteiger partial charge is 0.466 e. The van der Waals surface area contributed by atoms with Crippen LogP contribution in [0.5, 0.6) is 5.75 Å². The number of para-hydroxylation sites is 1. The summed E-state index contributed by atoms with van der Waals surface area (Å²) in [5, 5.41) is 52.0. The lowest BCUT2D eigenvalue weighted by Gasteiger charge is -2.39. The van der Waals surface area contributed by atoms with Gasteiger partial charge in [0, 0.05) is 6.42 Å². The molecule has 6 N–H and O–H groups in total. The molecule has 2 rings (SSSR count). The fourth-order valence-corrected chi connectivity index (χ4v) is 3.78.